The minimum absolute atomic E-state index is 0.0922. The van der Waals surface area contributed by atoms with Crippen LogP contribution in [0.1, 0.15) is 38.5 Å². The molecule has 0 bridgehead atoms. The largest absolute Gasteiger partial charge is 0.440 e. The van der Waals surface area contributed by atoms with Crippen LogP contribution in [0.3, 0.4) is 0 Å². The molecule has 1 aliphatic heterocycles. The molecule has 0 saturated carbocycles. The number of carbonyl (C=O) groups is 1. The Morgan fingerprint density at radius 1 is 1.45 bits per heavy atom. The second-order valence-electron chi connectivity index (χ2n) is 5.38. The lowest BCUT2D eigenvalue weighted by Gasteiger charge is -2.09. The summed E-state index contributed by atoms with van der Waals surface area (Å²) in [6, 6.07) is 5.50. The highest BCUT2D eigenvalue weighted by molar-refractivity contribution is 5.95. The molecule has 0 spiro atoms. The third-order valence-corrected chi connectivity index (χ3v) is 3.39. The third-order valence-electron chi connectivity index (χ3n) is 3.39. The van der Waals surface area contributed by atoms with Crippen LogP contribution in [0.4, 0.5) is 5.69 Å². The molecule has 1 unspecified atom stereocenters. The summed E-state index contributed by atoms with van der Waals surface area (Å²) in [5.74, 6) is 0.861. The van der Waals surface area contributed by atoms with Crippen LogP contribution < -0.4 is 5.32 Å². The van der Waals surface area contributed by atoms with Crippen LogP contribution in [0.2, 0.25) is 0 Å². The first-order valence-corrected chi connectivity index (χ1v) is 6.96. The summed E-state index contributed by atoms with van der Waals surface area (Å²) in [5, 5.41) is 2.86. The van der Waals surface area contributed by atoms with Crippen LogP contribution in [0.15, 0.2) is 22.6 Å². The average Bonchev–Trinajstić information content (AvgIpc) is 3.07. The zero-order valence-electron chi connectivity index (χ0n) is 11.7. The summed E-state index contributed by atoms with van der Waals surface area (Å²) in [6.45, 7) is 4.73. The number of hydrogen-bond acceptors (Lipinski definition) is 4. The smallest absolute Gasteiger partial charge is 0.253 e. The molecule has 5 nitrogen and oxygen atoms in total. The number of ether oxygens (including phenoxy) is 1. The topological polar surface area (TPSA) is 64.4 Å². The van der Waals surface area contributed by atoms with Crippen molar-refractivity contribution in [3.05, 3.63) is 24.1 Å². The molecule has 1 aromatic carbocycles. The Bertz CT molecular complexity index is 627. The Morgan fingerprint density at radius 3 is 3.00 bits per heavy atom. The monoisotopic (exact) mass is 274 g/mol. The van der Waals surface area contributed by atoms with Crippen molar-refractivity contribution in [2.75, 3.05) is 11.9 Å². The second kappa shape index (κ2) is 5.25. The molecule has 2 heterocycles. The van der Waals surface area contributed by atoms with Crippen molar-refractivity contribution in [2.24, 2.45) is 0 Å². The van der Waals surface area contributed by atoms with Crippen molar-refractivity contribution in [1.29, 1.82) is 0 Å². The van der Waals surface area contributed by atoms with Gasteiger partial charge in [0, 0.05) is 24.3 Å². The van der Waals surface area contributed by atoms with E-state index < -0.39 is 0 Å². The first-order chi connectivity index (χ1) is 9.63. The van der Waals surface area contributed by atoms with Crippen molar-refractivity contribution >= 4 is 22.7 Å². The van der Waals surface area contributed by atoms with Crippen molar-refractivity contribution < 1.29 is 13.9 Å². The molecule has 20 heavy (non-hydrogen) atoms. The van der Waals surface area contributed by atoms with Crippen molar-refractivity contribution in [3.8, 4) is 0 Å². The maximum Gasteiger partial charge on any atom is 0.253 e. The lowest BCUT2D eigenvalue weighted by molar-refractivity contribution is -0.124. The van der Waals surface area contributed by atoms with E-state index in [1.165, 1.54) is 0 Å². The predicted molar refractivity (Wildman–Crippen MR) is 75.7 cm³/mol. The van der Waals surface area contributed by atoms with Gasteiger partial charge < -0.3 is 14.5 Å². The molecule has 1 aliphatic rings. The third kappa shape index (κ3) is 2.54. The lowest BCUT2D eigenvalue weighted by Crippen LogP contribution is -2.26. The van der Waals surface area contributed by atoms with E-state index in [4.69, 9.17) is 9.15 Å². The standard InChI is InChI=1S/C15H18N2O3/c1-9(2)15-17-11-6-5-10(8-13(11)20-15)16-14(18)12-4-3-7-19-12/h5-6,8-9,12H,3-4,7H2,1-2H3,(H,16,18). The Labute approximate surface area is 117 Å². The Hall–Kier alpha value is -1.88. The fraction of sp³-hybridized carbons (Fsp3) is 0.467. The van der Waals surface area contributed by atoms with Gasteiger partial charge in [0.15, 0.2) is 11.5 Å². The van der Waals surface area contributed by atoms with E-state index in [0.717, 1.165) is 18.4 Å². The number of aromatic nitrogens is 1. The molecule has 1 aromatic heterocycles. The molecule has 0 aliphatic carbocycles. The molecule has 1 saturated heterocycles. The molecule has 5 heteroatoms. The molecule has 1 N–H and O–H groups in total. The number of hydrogen-bond donors (Lipinski definition) is 1. The summed E-state index contributed by atoms with van der Waals surface area (Å²) in [5.41, 5.74) is 2.21. The number of oxazole rings is 1. The Kier molecular flexibility index (Phi) is 3.44. The van der Waals surface area contributed by atoms with Gasteiger partial charge in [-0.05, 0) is 25.0 Å². The van der Waals surface area contributed by atoms with Gasteiger partial charge >= 0.3 is 0 Å². The maximum absolute atomic E-state index is 12.0. The predicted octanol–water partition coefficient (Wildman–Crippen LogP) is 3.07. The summed E-state index contributed by atoms with van der Waals surface area (Å²) in [6.07, 6.45) is 1.40. The van der Waals surface area contributed by atoms with Crippen LogP contribution in [-0.4, -0.2) is 23.6 Å². The SMILES string of the molecule is CC(C)c1nc2ccc(NC(=O)C3CCCO3)cc2o1. The van der Waals surface area contributed by atoms with Gasteiger partial charge in [-0.25, -0.2) is 4.98 Å². The van der Waals surface area contributed by atoms with E-state index in [-0.39, 0.29) is 17.9 Å². The molecule has 0 radical (unpaired) electrons. The van der Waals surface area contributed by atoms with E-state index >= 15 is 0 Å². The van der Waals surface area contributed by atoms with Crippen molar-refractivity contribution in [2.45, 2.75) is 38.7 Å². The van der Waals surface area contributed by atoms with Gasteiger partial charge in [0.25, 0.3) is 5.91 Å². The fourth-order valence-electron chi connectivity index (χ4n) is 2.27. The zero-order valence-corrected chi connectivity index (χ0v) is 11.7. The highest BCUT2D eigenvalue weighted by atomic mass is 16.5. The van der Waals surface area contributed by atoms with E-state index in [1.54, 1.807) is 6.07 Å². The average molecular weight is 274 g/mol. The van der Waals surface area contributed by atoms with E-state index in [2.05, 4.69) is 10.3 Å². The molecule has 1 amide bonds. The number of anilines is 1. The Morgan fingerprint density at radius 2 is 2.30 bits per heavy atom. The summed E-state index contributed by atoms with van der Waals surface area (Å²) >= 11 is 0. The number of nitrogens with zero attached hydrogens (tertiary/aromatic N) is 1. The van der Waals surface area contributed by atoms with E-state index in [1.807, 2.05) is 26.0 Å². The number of nitrogens with one attached hydrogen (secondary N) is 1. The first-order valence-electron chi connectivity index (χ1n) is 6.96. The van der Waals surface area contributed by atoms with Crippen LogP contribution in [-0.2, 0) is 9.53 Å². The summed E-state index contributed by atoms with van der Waals surface area (Å²) in [7, 11) is 0. The van der Waals surface area contributed by atoms with Gasteiger partial charge in [-0.1, -0.05) is 13.8 Å². The maximum atomic E-state index is 12.0. The van der Waals surface area contributed by atoms with Crippen molar-refractivity contribution in [3.63, 3.8) is 0 Å². The van der Waals surface area contributed by atoms with E-state index in [9.17, 15) is 4.79 Å². The van der Waals surface area contributed by atoms with Crippen LogP contribution in [0.5, 0.6) is 0 Å². The van der Waals surface area contributed by atoms with Crippen molar-refractivity contribution in [1.82, 2.24) is 4.98 Å². The molecular formula is C15H18N2O3. The molecular weight excluding hydrogens is 256 g/mol. The molecule has 2 aromatic rings. The number of fused-ring (bicyclic) bond motifs is 1. The minimum atomic E-state index is -0.327. The summed E-state index contributed by atoms with van der Waals surface area (Å²) < 4.78 is 11.0. The first kappa shape index (κ1) is 13.1. The number of rotatable bonds is 3. The normalized spacial score (nSPS) is 18.9. The molecule has 106 valence electrons. The lowest BCUT2D eigenvalue weighted by atomic mass is 10.2. The highest BCUT2D eigenvalue weighted by Gasteiger charge is 2.23. The Balaban J connectivity index is 1.79. The highest BCUT2D eigenvalue weighted by Crippen LogP contribution is 2.24. The fourth-order valence-corrected chi connectivity index (χ4v) is 2.27. The van der Waals surface area contributed by atoms with Crippen LogP contribution in [0, 0.1) is 0 Å². The molecule has 1 atom stereocenters. The van der Waals surface area contributed by atoms with Gasteiger partial charge in [0.2, 0.25) is 0 Å². The van der Waals surface area contributed by atoms with Gasteiger partial charge in [-0.3, -0.25) is 4.79 Å². The minimum Gasteiger partial charge on any atom is -0.440 e. The van der Waals surface area contributed by atoms with Crippen LogP contribution >= 0.6 is 0 Å². The molecule has 1 fully saturated rings. The van der Waals surface area contributed by atoms with Crippen LogP contribution in [0.25, 0.3) is 11.1 Å². The number of amides is 1. The number of benzene rings is 1. The quantitative estimate of drug-likeness (QED) is 0.934. The van der Waals surface area contributed by atoms with Gasteiger partial charge in [0.05, 0.1) is 0 Å². The van der Waals surface area contributed by atoms with Gasteiger partial charge in [-0.2, -0.15) is 0 Å². The summed E-state index contributed by atoms with van der Waals surface area (Å²) in [4.78, 5) is 16.4. The van der Waals surface area contributed by atoms with Gasteiger partial charge in [-0.15, -0.1) is 0 Å². The van der Waals surface area contributed by atoms with Gasteiger partial charge in [0.1, 0.15) is 11.6 Å². The number of carbonyl (C=O) groups excluding carboxylic acids is 1. The zero-order chi connectivity index (χ0) is 14.1. The molecule has 3 rings (SSSR count). The second-order valence-corrected chi connectivity index (χ2v) is 5.38. The van der Waals surface area contributed by atoms with E-state index in [0.29, 0.717) is 23.8 Å².